The molecular weight excluding hydrogens is 270 g/mol. The Morgan fingerprint density at radius 2 is 1.95 bits per heavy atom. The molecule has 2 rings (SSSR count). The van der Waals surface area contributed by atoms with Crippen molar-refractivity contribution in [1.82, 2.24) is 5.32 Å². The smallest absolute Gasteiger partial charge is 0.234 e. The molecule has 20 heavy (non-hydrogen) atoms. The van der Waals surface area contributed by atoms with Crippen molar-refractivity contribution in [3.63, 3.8) is 0 Å². The Hall–Kier alpha value is -2.02. The highest BCUT2D eigenvalue weighted by molar-refractivity contribution is 6.01. The van der Waals surface area contributed by atoms with E-state index in [0.29, 0.717) is 0 Å². The van der Waals surface area contributed by atoms with Crippen molar-refractivity contribution >= 4 is 17.5 Å². The molecule has 7 heteroatoms. The number of carbonyl (C=O) groups excluding carboxylic acids is 2. The van der Waals surface area contributed by atoms with Crippen LogP contribution in [0.2, 0.25) is 0 Å². The van der Waals surface area contributed by atoms with Crippen LogP contribution >= 0.6 is 0 Å². The van der Waals surface area contributed by atoms with Gasteiger partial charge in [0.05, 0.1) is 12.5 Å². The number of rotatable bonds is 4. The molecule has 1 fully saturated rings. The van der Waals surface area contributed by atoms with E-state index in [4.69, 9.17) is 5.11 Å². The van der Waals surface area contributed by atoms with E-state index in [9.17, 15) is 18.4 Å². The normalized spacial score (nSPS) is 18.9. The number of hydrogen-bond acceptors (Lipinski definition) is 4. The standard InChI is InChI=1S/C13H14F2N2O3/c14-9-5-7(16-3-4-18)6-10(15)12(9)8-1-2-11(19)17-13(8)20/h5-6,8,16,18H,1-4H2,(H,17,19,20). The highest BCUT2D eigenvalue weighted by Crippen LogP contribution is 2.31. The lowest BCUT2D eigenvalue weighted by atomic mass is 9.89. The molecule has 5 nitrogen and oxygen atoms in total. The number of aliphatic hydroxyl groups is 1. The Bertz CT molecular complexity index is 525. The number of halogens is 2. The van der Waals surface area contributed by atoms with Gasteiger partial charge in [0.1, 0.15) is 11.6 Å². The highest BCUT2D eigenvalue weighted by Gasteiger charge is 2.32. The van der Waals surface area contributed by atoms with E-state index < -0.39 is 29.4 Å². The van der Waals surface area contributed by atoms with Gasteiger partial charge in [0.15, 0.2) is 0 Å². The summed E-state index contributed by atoms with van der Waals surface area (Å²) in [5.41, 5.74) is -0.144. The van der Waals surface area contributed by atoms with Crippen molar-refractivity contribution in [3.8, 4) is 0 Å². The van der Waals surface area contributed by atoms with Crippen LogP contribution in [0.3, 0.4) is 0 Å². The van der Waals surface area contributed by atoms with Crippen molar-refractivity contribution in [3.05, 3.63) is 29.3 Å². The molecule has 0 aromatic heterocycles. The van der Waals surface area contributed by atoms with Gasteiger partial charge < -0.3 is 10.4 Å². The van der Waals surface area contributed by atoms with Crippen LogP contribution in [-0.2, 0) is 9.59 Å². The maximum atomic E-state index is 14.0. The average Bonchev–Trinajstić information content (AvgIpc) is 2.38. The Balaban J connectivity index is 2.28. The zero-order valence-corrected chi connectivity index (χ0v) is 10.6. The first-order chi connectivity index (χ1) is 9.52. The summed E-state index contributed by atoms with van der Waals surface area (Å²) in [7, 11) is 0. The van der Waals surface area contributed by atoms with Gasteiger partial charge in [0, 0.05) is 24.2 Å². The zero-order valence-electron chi connectivity index (χ0n) is 10.6. The van der Waals surface area contributed by atoms with Crippen LogP contribution in [0.25, 0.3) is 0 Å². The molecule has 1 heterocycles. The lowest BCUT2D eigenvalue weighted by Gasteiger charge is -2.22. The SMILES string of the molecule is O=C1CCC(c2c(F)cc(NCCO)cc2F)C(=O)N1. The fourth-order valence-electron chi connectivity index (χ4n) is 2.19. The summed E-state index contributed by atoms with van der Waals surface area (Å²) in [5, 5.41) is 13.4. The first-order valence-electron chi connectivity index (χ1n) is 6.20. The van der Waals surface area contributed by atoms with Crippen molar-refractivity contribution in [2.75, 3.05) is 18.5 Å². The van der Waals surface area contributed by atoms with E-state index >= 15 is 0 Å². The number of piperidine rings is 1. The van der Waals surface area contributed by atoms with E-state index in [1.807, 2.05) is 0 Å². The van der Waals surface area contributed by atoms with Gasteiger partial charge >= 0.3 is 0 Å². The van der Waals surface area contributed by atoms with Crippen molar-refractivity contribution in [1.29, 1.82) is 0 Å². The number of aliphatic hydroxyl groups excluding tert-OH is 1. The highest BCUT2D eigenvalue weighted by atomic mass is 19.1. The van der Waals surface area contributed by atoms with E-state index in [1.165, 1.54) is 0 Å². The topological polar surface area (TPSA) is 78.4 Å². The predicted octanol–water partition coefficient (Wildman–Crippen LogP) is 0.889. The maximum absolute atomic E-state index is 14.0. The molecule has 1 atom stereocenters. The molecule has 1 saturated heterocycles. The molecule has 1 aliphatic heterocycles. The molecule has 0 radical (unpaired) electrons. The third-order valence-electron chi connectivity index (χ3n) is 3.11. The largest absolute Gasteiger partial charge is 0.395 e. The molecule has 3 N–H and O–H groups in total. The van der Waals surface area contributed by atoms with E-state index in [-0.39, 0.29) is 37.2 Å². The fraction of sp³-hybridized carbons (Fsp3) is 0.385. The van der Waals surface area contributed by atoms with Gasteiger partial charge in [-0.3, -0.25) is 14.9 Å². The minimum atomic E-state index is -1.00. The first kappa shape index (κ1) is 14.4. The monoisotopic (exact) mass is 284 g/mol. The third-order valence-corrected chi connectivity index (χ3v) is 3.11. The van der Waals surface area contributed by atoms with Crippen LogP contribution in [0.4, 0.5) is 14.5 Å². The van der Waals surface area contributed by atoms with E-state index in [0.717, 1.165) is 12.1 Å². The molecule has 0 aliphatic carbocycles. The second kappa shape index (κ2) is 5.96. The predicted molar refractivity (Wildman–Crippen MR) is 67.1 cm³/mol. The minimum Gasteiger partial charge on any atom is -0.395 e. The fourth-order valence-corrected chi connectivity index (χ4v) is 2.19. The summed E-state index contributed by atoms with van der Waals surface area (Å²) in [4.78, 5) is 22.7. The maximum Gasteiger partial charge on any atom is 0.234 e. The summed E-state index contributed by atoms with van der Waals surface area (Å²) in [6.45, 7) is -0.00518. The van der Waals surface area contributed by atoms with Crippen LogP contribution in [0.15, 0.2) is 12.1 Å². The first-order valence-corrected chi connectivity index (χ1v) is 6.20. The summed E-state index contributed by atoms with van der Waals surface area (Å²) < 4.78 is 28.0. The molecule has 1 aromatic rings. The molecule has 108 valence electrons. The molecule has 0 saturated carbocycles. The van der Waals surface area contributed by atoms with Gasteiger partial charge in [0.2, 0.25) is 11.8 Å². The van der Waals surface area contributed by atoms with Crippen LogP contribution in [0.5, 0.6) is 0 Å². The lowest BCUT2D eigenvalue weighted by Crippen LogP contribution is -2.40. The summed E-state index contributed by atoms with van der Waals surface area (Å²) in [6.07, 6.45) is 0.141. The van der Waals surface area contributed by atoms with Crippen molar-refractivity contribution in [2.24, 2.45) is 0 Å². The number of carbonyl (C=O) groups is 2. The number of hydrogen-bond donors (Lipinski definition) is 3. The molecule has 2 amide bonds. The zero-order chi connectivity index (χ0) is 14.7. The van der Waals surface area contributed by atoms with Crippen LogP contribution in [0, 0.1) is 11.6 Å². The quantitative estimate of drug-likeness (QED) is 0.718. The third kappa shape index (κ3) is 2.93. The Kier molecular flexibility index (Phi) is 4.29. The average molecular weight is 284 g/mol. The molecule has 1 unspecified atom stereocenters. The van der Waals surface area contributed by atoms with Crippen LogP contribution < -0.4 is 10.6 Å². The second-order valence-corrected chi connectivity index (χ2v) is 4.51. The number of anilines is 1. The van der Waals surface area contributed by atoms with Crippen molar-refractivity contribution in [2.45, 2.75) is 18.8 Å². The summed E-state index contributed by atoms with van der Waals surface area (Å²) in [6, 6.07) is 2.13. The molecular formula is C13H14F2N2O3. The minimum absolute atomic E-state index is 0.0554. The summed E-state index contributed by atoms with van der Waals surface area (Å²) in [5.74, 6) is -3.82. The summed E-state index contributed by atoms with van der Waals surface area (Å²) >= 11 is 0. The van der Waals surface area contributed by atoms with Gasteiger partial charge in [-0.1, -0.05) is 0 Å². The number of nitrogens with one attached hydrogen (secondary N) is 2. The Morgan fingerprint density at radius 1 is 1.30 bits per heavy atom. The lowest BCUT2D eigenvalue weighted by molar-refractivity contribution is -0.134. The van der Waals surface area contributed by atoms with Gasteiger partial charge in [-0.05, 0) is 18.6 Å². The molecule has 1 aliphatic rings. The van der Waals surface area contributed by atoms with Gasteiger partial charge in [-0.25, -0.2) is 8.78 Å². The number of amides is 2. The molecule has 1 aromatic carbocycles. The van der Waals surface area contributed by atoms with E-state index in [2.05, 4.69) is 10.6 Å². The van der Waals surface area contributed by atoms with Gasteiger partial charge in [0.25, 0.3) is 0 Å². The van der Waals surface area contributed by atoms with Crippen molar-refractivity contribution < 1.29 is 23.5 Å². The number of imide groups is 1. The van der Waals surface area contributed by atoms with Gasteiger partial charge in [-0.2, -0.15) is 0 Å². The molecule has 0 bridgehead atoms. The Morgan fingerprint density at radius 3 is 2.50 bits per heavy atom. The number of benzene rings is 1. The van der Waals surface area contributed by atoms with E-state index in [1.54, 1.807) is 0 Å². The Labute approximate surface area is 114 Å². The van der Waals surface area contributed by atoms with Gasteiger partial charge in [-0.15, -0.1) is 0 Å². The van der Waals surface area contributed by atoms with Crippen LogP contribution in [0.1, 0.15) is 24.3 Å². The second-order valence-electron chi connectivity index (χ2n) is 4.51. The molecule has 0 spiro atoms. The van der Waals surface area contributed by atoms with Crippen LogP contribution in [-0.4, -0.2) is 30.1 Å².